The minimum Gasteiger partial charge on any atom is -0.465 e. The number of nitrogens with zero attached hydrogens (tertiary/aromatic N) is 3. The number of rotatable bonds is 11. The number of halogens is 1. The van der Waals surface area contributed by atoms with Gasteiger partial charge >= 0.3 is 12.0 Å². The van der Waals surface area contributed by atoms with Gasteiger partial charge in [-0.05, 0) is 49.6 Å². The molecule has 1 atom stereocenters. The summed E-state index contributed by atoms with van der Waals surface area (Å²) in [6, 6.07) is 22.7. The van der Waals surface area contributed by atoms with Crippen LogP contribution in [0.2, 0.25) is 5.02 Å². The predicted octanol–water partition coefficient (Wildman–Crippen LogP) is 5.98. The van der Waals surface area contributed by atoms with Gasteiger partial charge in [-0.15, -0.1) is 10.2 Å². The van der Waals surface area contributed by atoms with E-state index in [9.17, 15) is 9.59 Å². The Balaban J connectivity index is 1.71. The van der Waals surface area contributed by atoms with Crippen LogP contribution in [0.25, 0.3) is 5.69 Å². The topological polar surface area (TPSA) is 98.1 Å². The SMILES string of the molecule is CCOC(=O)CNC(=O)NC(Cc1ccccc1)c1nnc(SCc2cccc(C)c2)n1-c1cc(Cl)ccc1C. The van der Waals surface area contributed by atoms with Crippen LogP contribution >= 0.6 is 23.4 Å². The number of carbonyl (C=O) groups is 2. The third kappa shape index (κ3) is 7.86. The van der Waals surface area contributed by atoms with Gasteiger partial charge in [-0.2, -0.15) is 0 Å². The zero-order valence-electron chi connectivity index (χ0n) is 22.7. The zero-order valence-corrected chi connectivity index (χ0v) is 24.3. The van der Waals surface area contributed by atoms with E-state index in [0.29, 0.717) is 28.2 Å². The van der Waals surface area contributed by atoms with Crippen molar-refractivity contribution in [1.29, 1.82) is 0 Å². The van der Waals surface area contributed by atoms with Crippen molar-refractivity contribution in [3.8, 4) is 5.69 Å². The van der Waals surface area contributed by atoms with E-state index in [2.05, 4.69) is 46.0 Å². The van der Waals surface area contributed by atoms with E-state index >= 15 is 0 Å². The van der Waals surface area contributed by atoms with Crippen molar-refractivity contribution in [3.63, 3.8) is 0 Å². The molecule has 0 saturated carbocycles. The van der Waals surface area contributed by atoms with Crippen molar-refractivity contribution in [2.75, 3.05) is 13.2 Å². The molecular weight excluding hydrogens is 546 g/mol. The summed E-state index contributed by atoms with van der Waals surface area (Å²) in [7, 11) is 0. The first-order valence-corrected chi connectivity index (χ1v) is 14.3. The van der Waals surface area contributed by atoms with E-state index in [4.69, 9.17) is 16.3 Å². The summed E-state index contributed by atoms with van der Waals surface area (Å²) in [5, 5.41) is 16.0. The highest BCUT2D eigenvalue weighted by atomic mass is 35.5. The van der Waals surface area contributed by atoms with Crippen LogP contribution in [0.1, 0.15) is 41.0 Å². The van der Waals surface area contributed by atoms with Gasteiger partial charge < -0.3 is 15.4 Å². The van der Waals surface area contributed by atoms with E-state index in [1.807, 2.05) is 66.1 Å². The Morgan fingerprint density at radius 1 is 1.00 bits per heavy atom. The molecule has 10 heteroatoms. The van der Waals surface area contributed by atoms with Crippen molar-refractivity contribution < 1.29 is 14.3 Å². The highest BCUT2D eigenvalue weighted by Gasteiger charge is 2.26. The lowest BCUT2D eigenvalue weighted by Crippen LogP contribution is -2.42. The van der Waals surface area contributed by atoms with Gasteiger partial charge in [0.15, 0.2) is 11.0 Å². The van der Waals surface area contributed by atoms with Crippen molar-refractivity contribution in [2.45, 2.75) is 44.1 Å². The minimum absolute atomic E-state index is 0.240. The first kappa shape index (κ1) is 29.2. The van der Waals surface area contributed by atoms with Crippen LogP contribution < -0.4 is 10.6 Å². The number of benzene rings is 3. The van der Waals surface area contributed by atoms with E-state index in [1.54, 1.807) is 18.7 Å². The van der Waals surface area contributed by atoms with Crippen LogP contribution in [0.15, 0.2) is 78.0 Å². The second kappa shape index (κ2) is 14.0. The van der Waals surface area contributed by atoms with Gasteiger partial charge in [0.2, 0.25) is 0 Å². The van der Waals surface area contributed by atoms with E-state index in [1.165, 1.54) is 11.1 Å². The third-order valence-corrected chi connectivity index (χ3v) is 7.35. The largest absolute Gasteiger partial charge is 0.465 e. The summed E-state index contributed by atoms with van der Waals surface area (Å²) < 4.78 is 6.89. The van der Waals surface area contributed by atoms with Crippen LogP contribution in [0, 0.1) is 13.8 Å². The maximum atomic E-state index is 12.9. The van der Waals surface area contributed by atoms with Crippen LogP contribution in [0.5, 0.6) is 0 Å². The van der Waals surface area contributed by atoms with E-state index in [-0.39, 0.29) is 13.2 Å². The maximum absolute atomic E-state index is 12.9. The molecule has 1 unspecified atom stereocenters. The van der Waals surface area contributed by atoms with Gasteiger partial charge in [0.25, 0.3) is 0 Å². The Bertz CT molecular complexity index is 1460. The molecule has 0 radical (unpaired) electrons. The van der Waals surface area contributed by atoms with Crippen LogP contribution in [-0.4, -0.2) is 39.9 Å². The molecule has 0 aliphatic rings. The predicted molar refractivity (Wildman–Crippen MR) is 158 cm³/mol. The quantitative estimate of drug-likeness (QED) is 0.168. The number of aromatic nitrogens is 3. The summed E-state index contributed by atoms with van der Waals surface area (Å²) >= 11 is 7.99. The van der Waals surface area contributed by atoms with Gasteiger partial charge in [0, 0.05) is 17.2 Å². The lowest BCUT2D eigenvalue weighted by atomic mass is 10.0. The molecule has 0 spiro atoms. The summed E-state index contributed by atoms with van der Waals surface area (Å²) in [6.45, 7) is 5.78. The molecule has 2 N–H and O–H groups in total. The molecule has 3 aromatic carbocycles. The molecule has 0 saturated heterocycles. The minimum atomic E-state index is -0.566. The van der Waals surface area contributed by atoms with E-state index in [0.717, 1.165) is 16.8 Å². The summed E-state index contributed by atoms with van der Waals surface area (Å²) in [5.41, 5.74) is 5.16. The second-order valence-electron chi connectivity index (χ2n) is 9.26. The number of ether oxygens (including phenoxy) is 1. The smallest absolute Gasteiger partial charge is 0.325 e. The molecule has 4 aromatic rings. The van der Waals surface area contributed by atoms with E-state index < -0.39 is 18.0 Å². The van der Waals surface area contributed by atoms with Crippen molar-refractivity contribution in [3.05, 3.63) is 106 Å². The maximum Gasteiger partial charge on any atom is 0.325 e. The highest BCUT2D eigenvalue weighted by molar-refractivity contribution is 7.98. The van der Waals surface area contributed by atoms with Crippen molar-refractivity contribution in [2.24, 2.45) is 0 Å². The first-order valence-electron chi connectivity index (χ1n) is 13.0. The Labute approximate surface area is 243 Å². The Morgan fingerprint density at radius 3 is 2.52 bits per heavy atom. The monoisotopic (exact) mass is 577 g/mol. The van der Waals surface area contributed by atoms with Gasteiger partial charge in [0.1, 0.15) is 6.54 Å². The number of aryl methyl sites for hydroxylation is 2. The first-order chi connectivity index (χ1) is 19.3. The molecule has 40 heavy (non-hydrogen) atoms. The zero-order chi connectivity index (χ0) is 28.5. The third-order valence-electron chi connectivity index (χ3n) is 6.12. The lowest BCUT2D eigenvalue weighted by Gasteiger charge is -2.21. The molecule has 4 rings (SSSR count). The Morgan fingerprint density at radius 2 is 1.77 bits per heavy atom. The molecule has 1 heterocycles. The highest BCUT2D eigenvalue weighted by Crippen LogP contribution is 2.31. The number of carbonyl (C=O) groups excluding carboxylic acids is 2. The number of urea groups is 1. The number of amides is 2. The number of nitrogens with one attached hydrogen (secondary N) is 2. The molecule has 2 amide bonds. The standard InChI is InChI=1S/C30H32ClN5O3S/c1-4-39-27(37)18-32-29(38)33-25(16-22-10-6-5-7-11-22)28-34-35-30(40-19-23-12-8-9-20(2)15-23)36(28)26-17-24(31)14-13-21(26)3/h5-15,17,25H,4,16,18-19H2,1-3H3,(H2,32,33,38). The molecule has 208 valence electrons. The van der Waals surface area contributed by atoms with Crippen molar-refractivity contribution in [1.82, 2.24) is 25.4 Å². The molecule has 0 aliphatic heterocycles. The molecular formula is C30H32ClN5O3S. The molecule has 0 fully saturated rings. The number of hydrogen-bond acceptors (Lipinski definition) is 6. The summed E-state index contributed by atoms with van der Waals surface area (Å²) in [4.78, 5) is 24.7. The second-order valence-corrected chi connectivity index (χ2v) is 10.6. The number of esters is 1. The average Bonchev–Trinajstić information content (AvgIpc) is 3.36. The van der Waals surface area contributed by atoms with Gasteiger partial charge in [-0.25, -0.2) is 4.79 Å². The Hall–Kier alpha value is -3.82. The fourth-order valence-corrected chi connectivity index (χ4v) is 5.29. The Kier molecular flexibility index (Phi) is 10.2. The lowest BCUT2D eigenvalue weighted by molar-refractivity contribution is -0.141. The normalized spacial score (nSPS) is 11.6. The number of hydrogen-bond donors (Lipinski definition) is 2. The average molecular weight is 578 g/mol. The van der Waals surface area contributed by atoms with Gasteiger partial charge in [-0.1, -0.05) is 89.6 Å². The molecule has 0 bridgehead atoms. The fraction of sp³-hybridized carbons (Fsp3) is 0.267. The van der Waals surface area contributed by atoms with Crippen molar-refractivity contribution >= 4 is 35.4 Å². The van der Waals surface area contributed by atoms with Crippen LogP contribution in [0.4, 0.5) is 4.79 Å². The number of thioether (sulfide) groups is 1. The molecule has 8 nitrogen and oxygen atoms in total. The van der Waals surface area contributed by atoms with Gasteiger partial charge in [0.05, 0.1) is 18.3 Å². The summed E-state index contributed by atoms with van der Waals surface area (Å²) in [6.07, 6.45) is 0.452. The van der Waals surface area contributed by atoms with Crippen LogP contribution in [0.3, 0.4) is 0 Å². The van der Waals surface area contributed by atoms with Gasteiger partial charge in [-0.3, -0.25) is 9.36 Å². The summed E-state index contributed by atoms with van der Waals surface area (Å²) in [5.74, 6) is 0.730. The molecule has 1 aromatic heterocycles. The fourth-order valence-electron chi connectivity index (χ4n) is 4.23. The molecule has 0 aliphatic carbocycles. The van der Waals surface area contributed by atoms with Crippen LogP contribution in [-0.2, 0) is 21.7 Å².